The summed E-state index contributed by atoms with van der Waals surface area (Å²) in [6, 6.07) is 18.4. The van der Waals surface area contributed by atoms with Gasteiger partial charge in [-0.3, -0.25) is 14.3 Å². The van der Waals surface area contributed by atoms with Gasteiger partial charge in [-0.15, -0.1) is 5.10 Å². The van der Waals surface area contributed by atoms with Crippen molar-refractivity contribution in [1.29, 1.82) is 0 Å². The molecule has 2 aromatic heterocycles. The van der Waals surface area contributed by atoms with E-state index in [9.17, 15) is 9.59 Å². The topological polar surface area (TPSA) is 87.6 Å². The minimum Gasteiger partial charge on any atom is -0.293 e. The normalized spacial score (nSPS) is 11.0. The first kappa shape index (κ1) is 18.9. The van der Waals surface area contributed by atoms with Gasteiger partial charge in [0, 0.05) is 12.6 Å². The third kappa shape index (κ3) is 3.52. The van der Waals surface area contributed by atoms with Crippen molar-refractivity contribution in [1.82, 2.24) is 29.6 Å². The number of hydrogen-bond donors (Lipinski definition) is 0. The molecular formula is C20H18N6O2S. The zero-order chi connectivity index (χ0) is 20.4. The average Bonchev–Trinajstić information content (AvgIpc) is 3.29. The van der Waals surface area contributed by atoms with Gasteiger partial charge in [-0.05, 0) is 29.5 Å². The Labute approximate surface area is 170 Å². The molecule has 4 aromatic rings. The monoisotopic (exact) mass is 406 g/mol. The number of benzene rings is 2. The van der Waals surface area contributed by atoms with Gasteiger partial charge in [0.05, 0.1) is 17.1 Å². The SMILES string of the molecule is Cc1c(-n2nnnc2SCC(=O)c2ccccc2)c(=O)n(-c2ccccc2)n1C. The Morgan fingerprint density at radius 2 is 1.69 bits per heavy atom. The Hall–Kier alpha value is -3.46. The second kappa shape index (κ2) is 7.88. The van der Waals surface area contributed by atoms with Crippen LogP contribution in [0.5, 0.6) is 0 Å². The molecule has 0 spiro atoms. The van der Waals surface area contributed by atoms with E-state index in [1.54, 1.807) is 21.5 Å². The summed E-state index contributed by atoms with van der Waals surface area (Å²) < 4.78 is 4.73. The summed E-state index contributed by atoms with van der Waals surface area (Å²) in [7, 11) is 1.81. The maximum Gasteiger partial charge on any atom is 0.297 e. The van der Waals surface area contributed by atoms with Crippen molar-refractivity contribution in [3.05, 3.63) is 82.3 Å². The van der Waals surface area contributed by atoms with Gasteiger partial charge in [-0.25, -0.2) is 4.68 Å². The van der Waals surface area contributed by atoms with E-state index >= 15 is 0 Å². The molecule has 0 radical (unpaired) electrons. The van der Waals surface area contributed by atoms with Crippen LogP contribution < -0.4 is 5.56 Å². The van der Waals surface area contributed by atoms with Gasteiger partial charge in [0.1, 0.15) is 0 Å². The molecule has 0 saturated heterocycles. The van der Waals surface area contributed by atoms with Gasteiger partial charge in [0.2, 0.25) is 5.16 Å². The second-order valence-electron chi connectivity index (χ2n) is 6.36. The third-order valence-corrected chi connectivity index (χ3v) is 5.52. The number of aromatic nitrogens is 6. The lowest BCUT2D eigenvalue weighted by atomic mass is 10.2. The van der Waals surface area contributed by atoms with Crippen LogP contribution >= 0.6 is 11.8 Å². The molecule has 2 aromatic carbocycles. The van der Waals surface area contributed by atoms with Crippen molar-refractivity contribution in [2.45, 2.75) is 12.1 Å². The lowest BCUT2D eigenvalue weighted by Crippen LogP contribution is -2.22. The lowest BCUT2D eigenvalue weighted by molar-refractivity contribution is 0.102. The molecule has 0 aliphatic rings. The molecule has 29 heavy (non-hydrogen) atoms. The molecule has 0 aliphatic carbocycles. The van der Waals surface area contributed by atoms with Crippen LogP contribution in [0.2, 0.25) is 0 Å². The maximum absolute atomic E-state index is 13.2. The Morgan fingerprint density at radius 3 is 2.38 bits per heavy atom. The number of hydrogen-bond acceptors (Lipinski definition) is 6. The summed E-state index contributed by atoms with van der Waals surface area (Å²) in [4.78, 5) is 25.6. The number of carbonyl (C=O) groups excluding carboxylic acids is 1. The second-order valence-corrected chi connectivity index (χ2v) is 7.30. The summed E-state index contributed by atoms with van der Waals surface area (Å²) in [5.41, 5.74) is 2.20. The summed E-state index contributed by atoms with van der Waals surface area (Å²) in [6.45, 7) is 1.83. The molecule has 0 N–H and O–H groups in total. The first-order chi connectivity index (χ1) is 14.1. The summed E-state index contributed by atoms with van der Waals surface area (Å²) in [5, 5.41) is 12.1. The predicted octanol–water partition coefficient (Wildman–Crippen LogP) is 2.44. The molecule has 146 valence electrons. The van der Waals surface area contributed by atoms with Crippen LogP contribution in [0.25, 0.3) is 11.4 Å². The van der Waals surface area contributed by atoms with Crippen LogP contribution in [0, 0.1) is 6.92 Å². The van der Waals surface area contributed by atoms with Crippen molar-refractivity contribution in [3.63, 3.8) is 0 Å². The van der Waals surface area contributed by atoms with Crippen LogP contribution in [0.15, 0.2) is 70.6 Å². The molecule has 0 aliphatic heterocycles. The zero-order valence-electron chi connectivity index (χ0n) is 15.9. The van der Waals surface area contributed by atoms with Crippen LogP contribution in [-0.2, 0) is 7.05 Å². The number of tetrazole rings is 1. The van der Waals surface area contributed by atoms with Crippen molar-refractivity contribution >= 4 is 17.5 Å². The molecule has 0 atom stereocenters. The first-order valence-electron chi connectivity index (χ1n) is 8.91. The zero-order valence-corrected chi connectivity index (χ0v) is 16.7. The number of ketones is 1. The van der Waals surface area contributed by atoms with Crippen LogP contribution in [0.3, 0.4) is 0 Å². The molecule has 0 amide bonds. The summed E-state index contributed by atoms with van der Waals surface area (Å²) >= 11 is 1.20. The van der Waals surface area contributed by atoms with E-state index in [4.69, 9.17) is 0 Å². The van der Waals surface area contributed by atoms with Crippen LogP contribution in [0.4, 0.5) is 0 Å². The number of rotatable bonds is 6. The molecule has 8 nitrogen and oxygen atoms in total. The van der Waals surface area contributed by atoms with Crippen molar-refractivity contribution in [2.24, 2.45) is 7.05 Å². The summed E-state index contributed by atoms with van der Waals surface area (Å²) in [6.07, 6.45) is 0. The van der Waals surface area contributed by atoms with Gasteiger partial charge in [0.25, 0.3) is 5.56 Å². The van der Waals surface area contributed by atoms with Crippen LogP contribution in [0.1, 0.15) is 16.1 Å². The van der Waals surface area contributed by atoms with Crippen molar-refractivity contribution < 1.29 is 4.79 Å². The van der Waals surface area contributed by atoms with Gasteiger partial charge in [0.15, 0.2) is 11.5 Å². The molecule has 0 bridgehead atoms. The number of para-hydroxylation sites is 1. The van der Waals surface area contributed by atoms with E-state index in [1.807, 2.05) is 62.5 Å². The van der Waals surface area contributed by atoms with Gasteiger partial charge >= 0.3 is 0 Å². The van der Waals surface area contributed by atoms with Gasteiger partial charge < -0.3 is 0 Å². The highest BCUT2D eigenvalue weighted by Gasteiger charge is 2.22. The highest BCUT2D eigenvalue weighted by Crippen LogP contribution is 2.21. The van der Waals surface area contributed by atoms with E-state index in [0.29, 0.717) is 22.1 Å². The molecule has 0 saturated carbocycles. The minimum absolute atomic E-state index is 0.0309. The van der Waals surface area contributed by atoms with Crippen LogP contribution in [-0.4, -0.2) is 41.1 Å². The Balaban J connectivity index is 1.67. The molecule has 0 fully saturated rings. The number of Topliss-reactive ketones (excluding diaryl/α,β-unsaturated/α-hetero) is 1. The summed E-state index contributed by atoms with van der Waals surface area (Å²) in [5.74, 6) is 0.139. The van der Waals surface area contributed by atoms with E-state index in [-0.39, 0.29) is 17.1 Å². The smallest absolute Gasteiger partial charge is 0.293 e. The maximum atomic E-state index is 13.2. The fourth-order valence-corrected chi connectivity index (χ4v) is 3.82. The lowest BCUT2D eigenvalue weighted by Gasteiger charge is -2.07. The minimum atomic E-state index is -0.236. The molecule has 2 heterocycles. The average molecular weight is 406 g/mol. The molecule has 0 unspecified atom stereocenters. The first-order valence-corrected chi connectivity index (χ1v) is 9.90. The van der Waals surface area contributed by atoms with E-state index in [2.05, 4.69) is 15.5 Å². The highest BCUT2D eigenvalue weighted by molar-refractivity contribution is 7.99. The van der Waals surface area contributed by atoms with E-state index in [1.165, 1.54) is 16.4 Å². The predicted molar refractivity (Wildman–Crippen MR) is 110 cm³/mol. The quantitative estimate of drug-likeness (QED) is 0.361. The number of carbonyl (C=O) groups is 1. The Bertz CT molecular complexity index is 1210. The number of nitrogens with zero attached hydrogens (tertiary/aromatic N) is 6. The molecule has 4 rings (SSSR count). The van der Waals surface area contributed by atoms with Crippen molar-refractivity contribution in [3.8, 4) is 11.4 Å². The van der Waals surface area contributed by atoms with E-state index < -0.39 is 0 Å². The fourth-order valence-electron chi connectivity index (χ4n) is 3.04. The highest BCUT2D eigenvalue weighted by atomic mass is 32.2. The van der Waals surface area contributed by atoms with Crippen molar-refractivity contribution in [2.75, 3.05) is 5.75 Å². The van der Waals surface area contributed by atoms with Gasteiger partial charge in [-0.1, -0.05) is 60.3 Å². The number of thioether (sulfide) groups is 1. The Morgan fingerprint density at radius 1 is 1.03 bits per heavy atom. The third-order valence-electron chi connectivity index (χ3n) is 4.60. The van der Waals surface area contributed by atoms with E-state index in [0.717, 1.165) is 5.69 Å². The largest absolute Gasteiger partial charge is 0.297 e. The molecule has 9 heteroatoms. The molecular weight excluding hydrogens is 388 g/mol. The standard InChI is InChI=1S/C20H18N6O2S/c1-14-18(19(28)26(24(14)2)16-11-7-4-8-12-16)25-20(21-22-23-25)29-13-17(27)15-9-5-3-6-10-15/h3-12H,13H2,1-2H3. The van der Waals surface area contributed by atoms with Gasteiger partial charge in [-0.2, -0.15) is 4.68 Å². The fraction of sp³-hybridized carbons (Fsp3) is 0.150. The Kier molecular flexibility index (Phi) is 5.13.